The van der Waals surface area contributed by atoms with Crippen LogP contribution in [0, 0.1) is 0 Å². The van der Waals surface area contributed by atoms with Gasteiger partial charge in [0.2, 0.25) is 0 Å². The van der Waals surface area contributed by atoms with Crippen LogP contribution in [0.3, 0.4) is 0 Å². The Kier molecular flexibility index (Phi) is 19.6. The molecule has 0 aromatic rings. The molecule has 0 rings (SSSR count). The highest BCUT2D eigenvalue weighted by atomic mass is 32.2. The first-order chi connectivity index (χ1) is 13.5. The Labute approximate surface area is 185 Å². The molecule has 0 aliphatic heterocycles. The summed E-state index contributed by atoms with van der Waals surface area (Å²) >= 11 is 5.97. The molecule has 0 radical (unpaired) electrons. The monoisotopic (exact) mass is 480 g/mol. The van der Waals surface area contributed by atoms with E-state index in [-0.39, 0.29) is 77.7 Å². The zero-order chi connectivity index (χ0) is 21.4. The highest BCUT2D eigenvalue weighted by Crippen LogP contribution is 2.36. The van der Waals surface area contributed by atoms with Crippen LogP contribution in [-0.4, -0.2) is 125 Å². The minimum atomic E-state index is -0.359. The van der Waals surface area contributed by atoms with E-state index in [4.69, 9.17) is 0 Å². The summed E-state index contributed by atoms with van der Waals surface area (Å²) in [6, 6.07) is 0. The first-order valence-corrected chi connectivity index (χ1v) is 13.3. The molecule has 28 heavy (non-hydrogen) atoms. The number of rotatable bonds is 19. The van der Waals surface area contributed by atoms with Gasteiger partial charge in [0.25, 0.3) is 0 Å². The lowest BCUT2D eigenvalue weighted by atomic mass is 10.3. The van der Waals surface area contributed by atoms with Crippen LogP contribution in [-0.2, 0) is 0 Å². The van der Waals surface area contributed by atoms with Crippen molar-refractivity contribution in [3.05, 3.63) is 0 Å². The molecule has 0 saturated heterocycles. The van der Waals surface area contributed by atoms with Crippen molar-refractivity contribution in [3.63, 3.8) is 0 Å². The molecule has 0 saturated carbocycles. The highest BCUT2D eigenvalue weighted by molar-refractivity contribution is 8.07. The van der Waals surface area contributed by atoms with Crippen LogP contribution in [0.1, 0.15) is 13.3 Å². The van der Waals surface area contributed by atoms with Gasteiger partial charge in [-0.2, -0.15) is 23.5 Å². The summed E-state index contributed by atoms with van der Waals surface area (Å²) in [7, 11) is 0. The van der Waals surface area contributed by atoms with Gasteiger partial charge in [-0.3, -0.25) is 0 Å². The Morgan fingerprint density at radius 3 is 1.11 bits per heavy atom. The molecule has 0 spiro atoms. The van der Waals surface area contributed by atoms with Crippen molar-refractivity contribution >= 4 is 47.0 Å². The van der Waals surface area contributed by atoms with Gasteiger partial charge < -0.3 is 35.7 Å². The molecule has 170 valence electrons. The first-order valence-electron chi connectivity index (χ1n) is 9.33. The zero-order valence-electron chi connectivity index (χ0n) is 16.3. The van der Waals surface area contributed by atoms with Gasteiger partial charge >= 0.3 is 0 Å². The molecule has 0 aliphatic rings. The molecule has 11 heteroatoms. The molecule has 7 N–H and O–H groups in total. The Morgan fingerprint density at radius 1 is 0.500 bits per heavy atom. The van der Waals surface area contributed by atoms with Gasteiger partial charge in [-0.25, -0.2) is 0 Å². The number of aliphatic hydroxyl groups excluding tert-OH is 7. The minimum Gasteiger partial charge on any atom is -0.395 e. The van der Waals surface area contributed by atoms with Crippen LogP contribution in [0.5, 0.6) is 0 Å². The molecule has 3 unspecified atom stereocenters. The van der Waals surface area contributed by atoms with Crippen LogP contribution in [0.2, 0.25) is 0 Å². The van der Waals surface area contributed by atoms with Gasteiger partial charge in [-0.1, -0.05) is 6.92 Å². The van der Waals surface area contributed by atoms with E-state index in [0.29, 0.717) is 11.5 Å². The van der Waals surface area contributed by atoms with Crippen LogP contribution in [0.15, 0.2) is 0 Å². The fourth-order valence-electron chi connectivity index (χ4n) is 2.18. The van der Waals surface area contributed by atoms with E-state index < -0.39 is 0 Å². The Bertz CT molecular complexity index is 309. The van der Waals surface area contributed by atoms with Crippen molar-refractivity contribution in [2.45, 2.75) is 44.8 Å². The highest BCUT2D eigenvalue weighted by Gasteiger charge is 2.29. The molecular formula is C17H36O7S4. The molecule has 3 atom stereocenters. The van der Waals surface area contributed by atoms with Gasteiger partial charge in [0.15, 0.2) is 0 Å². The third kappa shape index (κ3) is 12.1. The van der Waals surface area contributed by atoms with E-state index in [1.165, 1.54) is 35.3 Å². The molecule has 0 fully saturated rings. The van der Waals surface area contributed by atoms with Crippen molar-refractivity contribution in [3.8, 4) is 0 Å². The van der Waals surface area contributed by atoms with Gasteiger partial charge in [-0.05, 0) is 6.42 Å². The molecule has 0 amide bonds. The molecule has 0 aromatic carbocycles. The lowest BCUT2D eigenvalue weighted by Gasteiger charge is -2.32. The van der Waals surface area contributed by atoms with E-state index in [2.05, 4.69) is 0 Å². The molecule has 0 aromatic heterocycles. The Hall–Kier alpha value is 1.12. The van der Waals surface area contributed by atoms with Crippen LogP contribution < -0.4 is 0 Å². The molecule has 0 heterocycles. The molecule has 0 aliphatic carbocycles. The second-order valence-corrected chi connectivity index (χ2v) is 11.9. The topological polar surface area (TPSA) is 142 Å². The predicted octanol–water partition coefficient (Wildman–Crippen LogP) is -0.513. The van der Waals surface area contributed by atoms with Gasteiger partial charge in [0.1, 0.15) is 0 Å². The van der Waals surface area contributed by atoms with Gasteiger partial charge in [0, 0.05) is 27.3 Å². The third-order valence-electron chi connectivity index (χ3n) is 4.02. The number of thioether (sulfide) groups is 4. The van der Waals surface area contributed by atoms with E-state index >= 15 is 0 Å². The van der Waals surface area contributed by atoms with Crippen LogP contribution in [0.4, 0.5) is 0 Å². The van der Waals surface area contributed by atoms with E-state index in [1.54, 1.807) is 11.8 Å². The van der Waals surface area contributed by atoms with Gasteiger partial charge in [0.05, 0.1) is 62.0 Å². The average Bonchev–Trinajstić information content (AvgIpc) is 2.74. The van der Waals surface area contributed by atoms with Crippen molar-refractivity contribution in [2.24, 2.45) is 0 Å². The summed E-state index contributed by atoms with van der Waals surface area (Å²) in [4.78, 5) is 0. The lowest BCUT2D eigenvalue weighted by molar-refractivity contribution is 0.227. The maximum atomic E-state index is 9.51. The largest absolute Gasteiger partial charge is 0.395 e. The lowest BCUT2D eigenvalue weighted by Crippen LogP contribution is -2.34. The smallest absolute Gasteiger partial charge is 0.0572 e. The fourth-order valence-corrected chi connectivity index (χ4v) is 7.72. The average molecular weight is 481 g/mol. The SMILES string of the molecule is CCC(CO)SCC(SC(CO)CO)C(CSC(CO)CO)SC(CO)CO. The maximum absolute atomic E-state index is 9.51. The Balaban J connectivity index is 5.34. The molecular weight excluding hydrogens is 444 g/mol. The van der Waals surface area contributed by atoms with Crippen molar-refractivity contribution in [2.75, 3.05) is 57.8 Å². The van der Waals surface area contributed by atoms with Crippen molar-refractivity contribution < 1.29 is 35.7 Å². The summed E-state index contributed by atoms with van der Waals surface area (Å²) in [5.74, 6) is 1.25. The first kappa shape index (κ1) is 29.1. The number of aliphatic hydroxyl groups is 7. The summed E-state index contributed by atoms with van der Waals surface area (Å²) in [6.07, 6.45) is 0.821. The maximum Gasteiger partial charge on any atom is 0.0572 e. The number of hydrogen-bond acceptors (Lipinski definition) is 11. The Morgan fingerprint density at radius 2 is 0.821 bits per heavy atom. The summed E-state index contributed by atoms with van der Waals surface area (Å²) in [5.41, 5.74) is 0. The van der Waals surface area contributed by atoms with Crippen LogP contribution in [0.25, 0.3) is 0 Å². The second-order valence-electron chi connectivity index (χ2n) is 6.19. The summed E-state index contributed by atoms with van der Waals surface area (Å²) in [6.45, 7) is 1.11. The molecule has 0 bridgehead atoms. The van der Waals surface area contributed by atoms with Crippen molar-refractivity contribution in [1.82, 2.24) is 0 Å². The van der Waals surface area contributed by atoms with Crippen molar-refractivity contribution in [1.29, 1.82) is 0 Å². The van der Waals surface area contributed by atoms with Crippen LogP contribution >= 0.6 is 47.0 Å². The third-order valence-corrected chi connectivity index (χ3v) is 10.5. The standard InChI is InChI=1S/C17H36O7S4/c1-2-12(3-18)25-10-16(27-14(6-21)7-22)17(28-15(8-23)9-24)11-26-13(4-19)5-20/h12-24H,2-11H2,1H3. The van der Waals surface area contributed by atoms with Gasteiger partial charge in [-0.15, -0.1) is 23.5 Å². The van der Waals surface area contributed by atoms with E-state index in [9.17, 15) is 35.7 Å². The number of hydrogen-bond donors (Lipinski definition) is 7. The van der Waals surface area contributed by atoms with E-state index in [1.807, 2.05) is 6.92 Å². The quantitative estimate of drug-likeness (QED) is 0.128. The predicted molar refractivity (Wildman–Crippen MR) is 123 cm³/mol. The molecule has 7 nitrogen and oxygen atoms in total. The fraction of sp³-hybridized carbons (Fsp3) is 1.00. The minimum absolute atomic E-state index is 0.0222. The summed E-state index contributed by atoms with van der Waals surface area (Å²) in [5, 5.41) is 65.2. The zero-order valence-corrected chi connectivity index (χ0v) is 19.6. The second kappa shape index (κ2) is 18.9. The summed E-state index contributed by atoms with van der Waals surface area (Å²) < 4.78 is 0. The normalized spacial score (nSPS) is 15.5. The van der Waals surface area contributed by atoms with E-state index in [0.717, 1.165) is 6.42 Å².